The highest BCUT2D eigenvalue weighted by Crippen LogP contribution is 2.50. The van der Waals surface area contributed by atoms with Crippen molar-refractivity contribution < 1.29 is 5.11 Å². The first-order chi connectivity index (χ1) is 10.2. The molecule has 0 spiro atoms. The molecule has 2 heteroatoms. The predicted molar refractivity (Wildman–Crippen MR) is 92.0 cm³/mol. The van der Waals surface area contributed by atoms with Crippen molar-refractivity contribution in [1.82, 2.24) is 4.90 Å². The lowest BCUT2D eigenvalue weighted by molar-refractivity contribution is 0.361. The molecule has 116 valence electrons. The summed E-state index contributed by atoms with van der Waals surface area (Å²) in [6.45, 7) is 17.2. The van der Waals surface area contributed by atoms with Gasteiger partial charge in [-0.1, -0.05) is 0 Å². The van der Waals surface area contributed by atoms with E-state index in [-0.39, 0.29) is 0 Å². The highest BCUT2D eigenvalue weighted by atomic mass is 16.3. The van der Waals surface area contributed by atoms with E-state index in [0.717, 1.165) is 11.3 Å². The lowest BCUT2D eigenvalue weighted by Crippen LogP contribution is -2.36. The number of aliphatic hydroxyl groups is 1. The van der Waals surface area contributed by atoms with Crippen LogP contribution in [-0.4, -0.2) is 10.0 Å². The molecule has 0 atom stereocenters. The fourth-order valence-electron chi connectivity index (χ4n) is 3.83. The van der Waals surface area contributed by atoms with Crippen LogP contribution in [0.3, 0.4) is 0 Å². The number of hydrogen-bond acceptors (Lipinski definition) is 2. The van der Waals surface area contributed by atoms with Crippen LogP contribution in [0.25, 0.3) is 0 Å². The maximum absolute atomic E-state index is 10.8. The van der Waals surface area contributed by atoms with Crippen molar-refractivity contribution in [2.24, 2.45) is 0 Å². The highest BCUT2D eigenvalue weighted by molar-refractivity contribution is 5.68. The molecule has 0 fully saturated rings. The number of hydrogen-bond donors (Lipinski definition) is 1. The molecular formula is C20H25NO. The van der Waals surface area contributed by atoms with Crippen LogP contribution in [0.2, 0.25) is 0 Å². The van der Waals surface area contributed by atoms with E-state index < -0.39 is 0 Å². The summed E-state index contributed by atoms with van der Waals surface area (Å²) in [5.41, 5.74) is 13.3. The summed E-state index contributed by atoms with van der Waals surface area (Å²) < 4.78 is 0. The summed E-state index contributed by atoms with van der Waals surface area (Å²) in [6, 6.07) is 0. The van der Waals surface area contributed by atoms with Crippen LogP contribution in [0, 0.1) is 0 Å². The van der Waals surface area contributed by atoms with Crippen LogP contribution in [0.1, 0.15) is 55.4 Å². The number of aliphatic hydroxyl groups excluding tert-OH is 1. The van der Waals surface area contributed by atoms with E-state index in [9.17, 15) is 5.11 Å². The predicted octanol–water partition coefficient (Wildman–Crippen LogP) is 5.66. The van der Waals surface area contributed by atoms with E-state index in [1.54, 1.807) is 0 Å². The maximum Gasteiger partial charge on any atom is 0.143 e. The number of allylic oxidation sites excluding steroid dienone is 8. The average Bonchev–Trinajstić information content (AvgIpc) is 2.48. The van der Waals surface area contributed by atoms with Crippen molar-refractivity contribution >= 4 is 0 Å². The van der Waals surface area contributed by atoms with Crippen LogP contribution in [0.4, 0.5) is 0 Å². The molecule has 3 heterocycles. The van der Waals surface area contributed by atoms with Crippen molar-refractivity contribution in [2.45, 2.75) is 55.4 Å². The van der Waals surface area contributed by atoms with Gasteiger partial charge in [-0.3, -0.25) is 0 Å². The second-order valence-electron chi connectivity index (χ2n) is 6.73. The third-order valence-corrected chi connectivity index (χ3v) is 5.84. The Morgan fingerprint density at radius 2 is 0.818 bits per heavy atom. The second-order valence-corrected chi connectivity index (χ2v) is 6.73. The first kappa shape index (κ1) is 15.0. The van der Waals surface area contributed by atoms with Crippen molar-refractivity contribution in [3.05, 3.63) is 67.4 Å². The van der Waals surface area contributed by atoms with Crippen molar-refractivity contribution in [3.8, 4) is 0 Å². The molecule has 0 saturated carbocycles. The minimum absolute atomic E-state index is 0.420. The monoisotopic (exact) mass is 295 g/mol. The zero-order chi connectivity index (χ0) is 16.5. The van der Waals surface area contributed by atoms with Gasteiger partial charge in [0.2, 0.25) is 0 Å². The Hall–Kier alpha value is -1.96. The fourth-order valence-corrected chi connectivity index (χ4v) is 3.83. The third kappa shape index (κ3) is 1.55. The van der Waals surface area contributed by atoms with Gasteiger partial charge >= 0.3 is 0 Å². The largest absolute Gasteiger partial charge is 0.505 e. The molecule has 3 aliphatic heterocycles. The van der Waals surface area contributed by atoms with Gasteiger partial charge in [-0.2, -0.15) is 0 Å². The first-order valence-electron chi connectivity index (χ1n) is 7.89. The van der Waals surface area contributed by atoms with Crippen LogP contribution < -0.4 is 0 Å². The summed E-state index contributed by atoms with van der Waals surface area (Å²) in [5.74, 6) is 0.420. The molecule has 0 aromatic heterocycles. The van der Waals surface area contributed by atoms with Crippen molar-refractivity contribution in [3.63, 3.8) is 0 Å². The third-order valence-electron chi connectivity index (χ3n) is 5.84. The Morgan fingerprint density at radius 1 is 0.455 bits per heavy atom. The molecule has 0 aromatic rings. The minimum atomic E-state index is 0.420. The Balaban J connectivity index is 2.53. The van der Waals surface area contributed by atoms with Crippen molar-refractivity contribution in [2.75, 3.05) is 0 Å². The first-order valence-corrected chi connectivity index (χ1v) is 7.89. The lowest BCUT2D eigenvalue weighted by atomic mass is 9.80. The summed E-state index contributed by atoms with van der Waals surface area (Å²) in [4.78, 5) is 2.28. The summed E-state index contributed by atoms with van der Waals surface area (Å²) in [6.07, 6.45) is 0. The summed E-state index contributed by atoms with van der Waals surface area (Å²) in [7, 11) is 0. The molecule has 22 heavy (non-hydrogen) atoms. The zero-order valence-electron chi connectivity index (χ0n) is 14.9. The second kappa shape index (κ2) is 4.52. The molecule has 3 aliphatic rings. The van der Waals surface area contributed by atoms with E-state index in [1.165, 1.54) is 50.4 Å². The summed E-state index contributed by atoms with van der Waals surface area (Å²) in [5, 5.41) is 10.8. The summed E-state index contributed by atoms with van der Waals surface area (Å²) >= 11 is 0. The molecule has 1 N–H and O–H groups in total. The van der Waals surface area contributed by atoms with E-state index in [2.05, 4.69) is 53.4 Å². The average molecular weight is 295 g/mol. The smallest absolute Gasteiger partial charge is 0.143 e. The van der Waals surface area contributed by atoms with Gasteiger partial charge < -0.3 is 10.0 Å². The van der Waals surface area contributed by atoms with Crippen LogP contribution in [0.15, 0.2) is 67.4 Å². The Labute approximate surface area is 133 Å². The normalized spacial score (nSPS) is 22.5. The molecule has 0 aliphatic carbocycles. The molecule has 0 amide bonds. The molecule has 3 rings (SSSR count). The van der Waals surface area contributed by atoms with Gasteiger partial charge in [0.15, 0.2) is 0 Å². The fraction of sp³-hybridized carbons (Fsp3) is 0.400. The lowest BCUT2D eigenvalue weighted by Gasteiger charge is -2.45. The van der Waals surface area contributed by atoms with Crippen molar-refractivity contribution in [1.29, 1.82) is 0 Å². The minimum Gasteiger partial charge on any atom is -0.505 e. The number of nitrogens with zero attached hydrogens (tertiary/aromatic N) is 1. The van der Waals surface area contributed by atoms with E-state index in [0.29, 0.717) is 5.76 Å². The molecule has 2 nitrogen and oxygen atoms in total. The highest BCUT2D eigenvalue weighted by Gasteiger charge is 2.39. The zero-order valence-corrected chi connectivity index (χ0v) is 14.9. The molecule has 0 saturated heterocycles. The van der Waals surface area contributed by atoms with Crippen LogP contribution in [-0.2, 0) is 0 Å². The maximum atomic E-state index is 10.8. The molecule has 0 aromatic carbocycles. The molecule has 0 radical (unpaired) electrons. The molecular weight excluding hydrogens is 270 g/mol. The topological polar surface area (TPSA) is 23.5 Å². The van der Waals surface area contributed by atoms with E-state index in [4.69, 9.17) is 0 Å². The van der Waals surface area contributed by atoms with Gasteiger partial charge in [0, 0.05) is 0 Å². The van der Waals surface area contributed by atoms with Gasteiger partial charge in [0.1, 0.15) is 5.76 Å². The van der Waals surface area contributed by atoms with Gasteiger partial charge in [0.25, 0.3) is 0 Å². The Bertz CT molecular complexity index is 697. The molecule has 0 bridgehead atoms. The van der Waals surface area contributed by atoms with Gasteiger partial charge in [-0.25, -0.2) is 0 Å². The standard InChI is InChI=1S/C20H25NO/c1-9-11(3)17-13(5)10(2)14(6)19-20(22)16(8)15(7)18(12(9)4)21(17)19/h22H,1-8H3. The quantitative estimate of drug-likeness (QED) is 0.623. The van der Waals surface area contributed by atoms with Gasteiger partial charge in [-0.15, -0.1) is 0 Å². The van der Waals surface area contributed by atoms with Gasteiger partial charge in [0.05, 0.1) is 17.1 Å². The van der Waals surface area contributed by atoms with E-state index >= 15 is 0 Å². The Morgan fingerprint density at radius 3 is 1.27 bits per heavy atom. The SMILES string of the molecule is CC1=C(C)C2=C(C)C(C)=C(C)C3=C(C)C(C)=C(O)C(=C1C)N23. The molecule has 0 unspecified atom stereocenters. The van der Waals surface area contributed by atoms with E-state index in [1.807, 2.05) is 6.92 Å². The van der Waals surface area contributed by atoms with Crippen LogP contribution in [0.5, 0.6) is 0 Å². The number of rotatable bonds is 0. The Kier molecular flexibility index (Phi) is 3.07. The van der Waals surface area contributed by atoms with Gasteiger partial charge in [-0.05, 0) is 100.0 Å². The van der Waals surface area contributed by atoms with Crippen LogP contribution >= 0.6 is 0 Å².